The van der Waals surface area contributed by atoms with Crippen LogP contribution in [0.1, 0.15) is 11.1 Å². The van der Waals surface area contributed by atoms with E-state index in [1.165, 1.54) is 24.3 Å². The number of hydrogen-bond acceptors (Lipinski definition) is 1. The van der Waals surface area contributed by atoms with Crippen LogP contribution in [0.5, 0.6) is 5.75 Å². The number of hydrogen-bond donors (Lipinski definition) is 0. The van der Waals surface area contributed by atoms with Gasteiger partial charge in [0.2, 0.25) is 0 Å². The third-order valence-electron chi connectivity index (χ3n) is 2.48. The molecule has 0 N–H and O–H groups in total. The van der Waals surface area contributed by atoms with Gasteiger partial charge in [-0.05, 0) is 42.0 Å². The Bertz CT molecular complexity index is 567. The van der Waals surface area contributed by atoms with Gasteiger partial charge in [-0.2, -0.15) is 0 Å². The molecule has 0 saturated carbocycles. The van der Waals surface area contributed by atoms with Gasteiger partial charge in [-0.25, -0.2) is 8.78 Å². The minimum Gasteiger partial charge on any atom is -0.489 e. The molecule has 100 valence electrons. The molecule has 0 radical (unpaired) electrons. The van der Waals surface area contributed by atoms with Crippen molar-refractivity contribution in [2.45, 2.75) is 11.9 Å². The van der Waals surface area contributed by atoms with Gasteiger partial charge in [0.25, 0.3) is 0 Å². The van der Waals surface area contributed by atoms with Crippen molar-refractivity contribution in [1.82, 2.24) is 0 Å². The Kier molecular flexibility index (Phi) is 4.93. The maximum atomic E-state index is 13.2. The molecular formula is C14H10Br2F2O. The number of benzene rings is 2. The lowest BCUT2D eigenvalue weighted by molar-refractivity contribution is 0.302. The predicted octanol–water partition coefficient (Wildman–Crippen LogP) is 5.20. The molecule has 0 amide bonds. The maximum absolute atomic E-state index is 13.2. The molecular weight excluding hydrogens is 382 g/mol. The molecule has 0 spiro atoms. The fraction of sp³-hybridized carbons (Fsp3) is 0.143. The van der Waals surface area contributed by atoms with Crippen molar-refractivity contribution in [3.8, 4) is 5.75 Å². The second kappa shape index (κ2) is 6.48. The van der Waals surface area contributed by atoms with Crippen LogP contribution >= 0.6 is 31.9 Å². The first-order valence-corrected chi connectivity index (χ1v) is 7.42. The highest BCUT2D eigenvalue weighted by Crippen LogP contribution is 2.24. The zero-order chi connectivity index (χ0) is 13.8. The Hall–Kier alpha value is -0.940. The smallest absolute Gasteiger partial charge is 0.124 e. The molecule has 0 aliphatic rings. The monoisotopic (exact) mass is 390 g/mol. The van der Waals surface area contributed by atoms with Crippen LogP contribution in [-0.4, -0.2) is 0 Å². The Labute approximate surface area is 126 Å². The lowest BCUT2D eigenvalue weighted by Crippen LogP contribution is -1.99. The molecule has 0 heterocycles. The predicted molar refractivity (Wildman–Crippen MR) is 77.5 cm³/mol. The van der Waals surface area contributed by atoms with Crippen molar-refractivity contribution in [1.29, 1.82) is 0 Å². The lowest BCUT2D eigenvalue weighted by atomic mass is 10.2. The normalized spacial score (nSPS) is 10.5. The second-order valence-corrected chi connectivity index (χ2v) is 5.43. The molecule has 2 rings (SSSR count). The molecule has 5 heteroatoms. The summed E-state index contributed by atoms with van der Waals surface area (Å²) in [5.74, 6) is -0.0539. The standard InChI is InChI=1S/C14H10Br2F2O/c15-7-10-5-12(17)1-2-14(10)19-8-9-3-11(16)6-13(18)4-9/h1-6H,7-8H2. The summed E-state index contributed by atoms with van der Waals surface area (Å²) in [5, 5.41) is 0.493. The van der Waals surface area contributed by atoms with Crippen LogP contribution in [0.2, 0.25) is 0 Å². The fourth-order valence-corrected chi connectivity index (χ4v) is 2.60. The lowest BCUT2D eigenvalue weighted by Gasteiger charge is -2.10. The molecule has 19 heavy (non-hydrogen) atoms. The average Bonchev–Trinajstić information content (AvgIpc) is 2.36. The largest absolute Gasteiger partial charge is 0.489 e. The summed E-state index contributed by atoms with van der Waals surface area (Å²) in [6, 6.07) is 8.88. The highest BCUT2D eigenvalue weighted by molar-refractivity contribution is 9.10. The molecule has 2 aromatic rings. The van der Waals surface area contributed by atoms with Crippen LogP contribution in [-0.2, 0) is 11.9 Å². The van der Waals surface area contributed by atoms with E-state index in [1.54, 1.807) is 12.1 Å². The molecule has 0 atom stereocenters. The van der Waals surface area contributed by atoms with Gasteiger partial charge >= 0.3 is 0 Å². The van der Waals surface area contributed by atoms with Gasteiger partial charge in [0.15, 0.2) is 0 Å². The maximum Gasteiger partial charge on any atom is 0.124 e. The van der Waals surface area contributed by atoms with Crippen molar-refractivity contribution < 1.29 is 13.5 Å². The van der Waals surface area contributed by atoms with Crippen molar-refractivity contribution in [2.75, 3.05) is 0 Å². The first-order chi connectivity index (χ1) is 9.08. The summed E-state index contributed by atoms with van der Waals surface area (Å²) in [7, 11) is 0. The van der Waals surface area contributed by atoms with Gasteiger partial charge in [-0.1, -0.05) is 31.9 Å². The zero-order valence-electron chi connectivity index (χ0n) is 9.80. The Balaban J connectivity index is 2.14. The first-order valence-electron chi connectivity index (χ1n) is 5.50. The van der Waals surface area contributed by atoms with E-state index in [-0.39, 0.29) is 18.2 Å². The van der Waals surface area contributed by atoms with Crippen LogP contribution in [0.3, 0.4) is 0 Å². The molecule has 0 saturated heterocycles. The van der Waals surface area contributed by atoms with E-state index in [1.807, 2.05) is 0 Å². The van der Waals surface area contributed by atoms with Gasteiger partial charge in [0, 0.05) is 15.4 Å². The summed E-state index contributed by atoms with van der Waals surface area (Å²) >= 11 is 6.50. The van der Waals surface area contributed by atoms with Gasteiger partial charge < -0.3 is 4.74 Å². The number of halogens is 4. The van der Waals surface area contributed by atoms with Crippen LogP contribution in [0.4, 0.5) is 8.78 Å². The zero-order valence-corrected chi connectivity index (χ0v) is 13.0. The molecule has 0 aliphatic heterocycles. The number of ether oxygens (including phenoxy) is 1. The highest BCUT2D eigenvalue weighted by Gasteiger charge is 2.06. The van der Waals surface area contributed by atoms with E-state index in [9.17, 15) is 8.78 Å². The topological polar surface area (TPSA) is 9.23 Å². The summed E-state index contributed by atoms with van der Waals surface area (Å²) in [5.41, 5.74) is 1.42. The van der Waals surface area contributed by atoms with Crippen LogP contribution < -0.4 is 4.74 Å². The summed E-state index contributed by atoms with van der Waals surface area (Å²) in [6.07, 6.45) is 0. The Morgan fingerprint density at radius 1 is 1.00 bits per heavy atom. The van der Waals surface area contributed by atoms with Crippen molar-refractivity contribution in [2.24, 2.45) is 0 Å². The second-order valence-electron chi connectivity index (χ2n) is 3.95. The Morgan fingerprint density at radius 3 is 2.47 bits per heavy atom. The van der Waals surface area contributed by atoms with Crippen molar-refractivity contribution >= 4 is 31.9 Å². The average molecular weight is 392 g/mol. The number of rotatable bonds is 4. The summed E-state index contributed by atoms with van der Waals surface area (Å²) < 4.78 is 32.5. The van der Waals surface area contributed by atoms with E-state index in [0.29, 0.717) is 21.1 Å². The van der Waals surface area contributed by atoms with E-state index < -0.39 is 0 Å². The van der Waals surface area contributed by atoms with E-state index in [0.717, 1.165) is 5.56 Å². The van der Waals surface area contributed by atoms with Gasteiger partial charge in [-0.15, -0.1) is 0 Å². The van der Waals surface area contributed by atoms with E-state index in [4.69, 9.17) is 4.74 Å². The third-order valence-corrected chi connectivity index (χ3v) is 3.55. The highest BCUT2D eigenvalue weighted by atomic mass is 79.9. The number of alkyl halides is 1. The Morgan fingerprint density at radius 2 is 1.79 bits per heavy atom. The minimum absolute atomic E-state index is 0.224. The molecule has 0 aliphatic carbocycles. The van der Waals surface area contributed by atoms with E-state index >= 15 is 0 Å². The molecule has 0 aromatic heterocycles. The molecule has 0 bridgehead atoms. The summed E-state index contributed by atoms with van der Waals surface area (Å²) in [4.78, 5) is 0. The molecule has 1 nitrogen and oxygen atoms in total. The van der Waals surface area contributed by atoms with Gasteiger partial charge in [0.1, 0.15) is 24.0 Å². The first kappa shape index (κ1) is 14.5. The molecule has 0 fully saturated rings. The van der Waals surface area contributed by atoms with Crippen LogP contribution in [0.15, 0.2) is 40.9 Å². The summed E-state index contributed by atoms with van der Waals surface area (Å²) in [6.45, 7) is 0.224. The van der Waals surface area contributed by atoms with E-state index in [2.05, 4.69) is 31.9 Å². The van der Waals surface area contributed by atoms with Crippen molar-refractivity contribution in [3.05, 3.63) is 63.6 Å². The van der Waals surface area contributed by atoms with Gasteiger partial charge in [0.05, 0.1) is 0 Å². The molecule has 0 unspecified atom stereocenters. The van der Waals surface area contributed by atoms with Crippen molar-refractivity contribution in [3.63, 3.8) is 0 Å². The van der Waals surface area contributed by atoms with Gasteiger partial charge in [-0.3, -0.25) is 0 Å². The fourth-order valence-electron chi connectivity index (χ4n) is 1.65. The molecule has 2 aromatic carbocycles. The van der Waals surface area contributed by atoms with Crippen LogP contribution in [0, 0.1) is 11.6 Å². The minimum atomic E-state index is -0.326. The SMILES string of the molecule is Fc1cc(Br)cc(COc2ccc(F)cc2CBr)c1. The quantitative estimate of drug-likeness (QED) is 0.650. The third kappa shape index (κ3) is 4.01. The van der Waals surface area contributed by atoms with Crippen LogP contribution in [0.25, 0.3) is 0 Å².